The zero-order valence-electron chi connectivity index (χ0n) is 11.5. The van der Waals surface area contributed by atoms with Crippen molar-refractivity contribution in [1.82, 2.24) is 14.4 Å². The fourth-order valence-corrected chi connectivity index (χ4v) is 3.15. The van der Waals surface area contributed by atoms with Crippen LogP contribution >= 0.6 is 27.3 Å². The highest BCUT2D eigenvalue weighted by molar-refractivity contribution is 9.11. The van der Waals surface area contributed by atoms with Crippen molar-refractivity contribution in [1.29, 1.82) is 0 Å². The van der Waals surface area contributed by atoms with Crippen molar-refractivity contribution in [2.45, 2.75) is 20.8 Å². The smallest absolute Gasteiger partial charge is 0.196 e. The van der Waals surface area contributed by atoms with Crippen LogP contribution in [-0.4, -0.2) is 14.4 Å². The van der Waals surface area contributed by atoms with E-state index in [2.05, 4.69) is 55.6 Å². The summed E-state index contributed by atoms with van der Waals surface area (Å²) < 4.78 is 3.21. The summed E-state index contributed by atoms with van der Waals surface area (Å²) in [5.74, 6) is 0. The molecule has 3 nitrogen and oxygen atoms in total. The lowest BCUT2D eigenvalue weighted by molar-refractivity contribution is 1.23. The lowest BCUT2D eigenvalue weighted by Gasteiger charge is -1.94. The topological polar surface area (TPSA) is 30.2 Å². The van der Waals surface area contributed by atoms with E-state index in [0.29, 0.717) is 0 Å². The highest BCUT2D eigenvalue weighted by atomic mass is 79.9. The van der Waals surface area contributed by atoms with Gasteiger partial charge in [-0.05, 0) is 43.0 Å². The highest BCUT2D eigenvalue weighted by Gasteiger charge is 2.10. The van der Waals surface area contributed by atoms with Crippen LogP contribution in [0, 0.1) is 6.92 Å². The number of aryl methyl sites for hydroxylation is 1. The summed E-state index contributed by atoms with van der Waals surface area (Å²) in [7, 11) is 0. The Morgan fingerprint density at radius 1 is 1.25 bits per heavy atom. The molecule has 0 fully saturated rings. The number of fused-ring (bicyclic) bond motifs is 3. The summed E-state index contributed by atoms with van der Waals surface area (Å²) in [5.41, 5.74) is 4.31. The Balaban J connectivity index is 2.12. The average molecular weight is 348 g/mol. The van der Waals surface area contributed by atoms with Crippen molar-refractivity contribution < 1.29 is 0 Å². The van der Waals surface area contributed by atoms with Gasteiger partial charge in [-0.3, -0.25) is 4.40 Å². The Hall–Kier alpha value is -1.46. The van der Waals surface area contributed by atoms with Gasteiger partial charge in [-0.1, -0.05) is 39.4 Å². The van der Waals surface area contributed by atoms with Crippen LogP contribution in [0.1, 0.15) is 25.2 Å². The van der Waals surface area contributed by atoms with Crippen molar-refractivity contribution in [2.24, 2.45) is 0 Å². The molecule has 0 N–H and O–H groups in total. The zero-order chi connectivity index (χ0) is 14.3. The molecule has 0 radical (unpaired) electrons. The van der Waals surface area contributed by atoms with Gasteiger partial charge in [0.2, 0.25) is 0 Å². The summed E-state index contributed by atoms with van der Waals surface area (Å²) in [6.45, 7) is 6.09. The number of nitrogens with zero attached hydrogens (tertiary/aromatic N) is 3. The lowest BCUT2D eigenvalue weighted by Crippen LogP contribution is -1.82. The standard InChI is InChI=1S/C15H14BrN3S/c1-9(4-5-10(2)16)12-8-19-13-7-6-11(3)17-14(13)20-15(19)18-12/h4-8H,1-3H3/b9-4+,10-5+. The maximum Gasteiger partial charge on any atom is 0.196 e. The molecule has 0 spiro atoms. The molecule has 0 aliphatic rings. The van der Waals surface area contributed by atoms with Crippen LogP contribution in [0.15, 0.2) is 35.0 Å². The maximum absolute atomic E-state index is 4.69. The molecule has 0 amide bonds. The third-order valence-electron chi connectivity index (χ3n) is 3.07. The van der Waals surface area contributed by atoms with Crippen molar-refractivity contribution >= 4 is 48.1 Å². The van der Waals surface area contributed by atoms with Gasteiger partial charge in [0.25, 0.3) is 0 Å². The largest absolute Gasteiger partial charge is 0.288 e. The van der Waals surface area contributed by atoms with E-state index in [1.807, 2.05) is 26.0 Å². The van der Waals surface area contributed by atoms with Gasteiger partial charge in [-0.15, -0.1) is 0 Å². The van der Waals surface area contributed by atoms with E-state index in [4.69, 9.17) is 0 Å². The van der Waals surface area contributed by atoms with Crippen LogP contribution in [0.3, 0.4) is 0 Å². The highest BCUT2D eigenvalue weighted by Crippen LogP contribution is 2.27. The van der Waals surface area contributed by atoms with Crippen LogP contribution in [0.2, 0.25) is 0 Å². The van der Waals surface area contributed by atoms with Gasteiger partial charge in [0, 0.05) is 11.9 Å². The van der Waals surface area contributed by atoms with Crippen molar-refractivity contribution in [3.05, 3.63) is 46.4 Å². The molecule has 20 heavy (non-hydrogen) atoms. The quantitative estimate of drug-likeness (QED) is 0.613. The summed E-state index contributed by atoms with van der Waals surface area (Å²) in [5, 5.41) is 0. The van der Waals surface area contributed by atoms with Crippen molar-refractivity contribution in [3.63, 3.8) is 0 Å². The first kappa shape index (κ1) is 13.5. The summed E-state index contributed by atoms with van der Waals surface area (Å²) in [4.78, 5) is 11.3. The molecule has 0 unspecified atom stereocenters. The van der Waals surface area contributed by atoms with Gasteiger partial charge in [0.1, 0.15) is 4.83 Å². The first-order valence-electron chi connectivity index (χ1n) is 6.31. The van der Waals surface area contributed by atoms with E-state index in [1.54, 1.807) is 11.3 Å². The Bertz CT molecular complexity index is 851. The molecule has 3 rings (SSSR count). The third-order valence-corrected chi connectivity index (χ3v) is 4.30. The molecular weight excluding hydrogens is 334 g/mol. The number of pyridine rings is 1. The monoisotopic (exact) mass is 347 g/mol. The molecule has 0 aliphatic heterocycles. The molecule has 3 aromatic rings. The Morgan fingerprint density at radius 3 is 2.80 bits per heavy atom. The molecule has 0 atom stereocenters. The fourth-order valence-electron chi connectivity index (χ4n) is 1.99. The molecule has 0 aliphatic carbocycles. The van der Waals surface area contributed by atoms with Crippen molar-refractivity contribution in [3.8, 4) is 0 Å². The minimum absolute atomic E-state index is 0.986. The van der Waals surface area contributed by atoms with Gasteiger partial charge in [-0.2, -0.15) is 0 Å². The van der Waals surface area contributed by atoms with E-state index >= 15 is 0 Å². The first-order valence-corrected chi connectivity index (χ1v) is 7.92. The SMILES string of the molecule is C/C(Br)=C\C=C(/C)c1cn2c(n1)sc1nc(C)ccc12. The number of halogens is 1. The van der Waals surface area contributed by atoms with Gasteiger partial charge in [-0.25, -0.2) is 9.97 Å². The lowest BCUT2D eigenvalue weighted by atomic mass is 10.2. The van der Waals surface area contributed by atoms with E-state index in [-0.39, 0.29) is 0 Å². The number of allylic oxidation sites excluding steroid dienone is 4. The minimum Gasteiger partial charge on any atom is -0.288 e. The van der Waals surface area contributed by atoms with Gasteiger partial charge >= 0.3 is 0 Å². The Kier molecular flexibility index (Phi) is 3.48. The summed E-state index contributed by atoms with van der Waals surface area (Å²) in [6, 6.07) is 4.14. The molecule has 3 aromatic heterocycles. The Labute approximate surface area is 129 Å². The molecule has 3 heterocycles. The first-order chi connectivity index (χ1) is 9.54. The molecule has 0 bridgehead atoms. The van der Waals surface area contributed by atoms with Gasteiger partial charge in [0.05, 0.1) is 11.2 Å². The molecule has 102 valence electrons. The molecule has 5 heteroatoms. The molecule has 0 saturated carbocycles. The molecule has 0 saturated heterocycles. The van der Waals surface area contributed by atoms with E-state index in [9.17, 15) is 0 Å². The van der Waals surface area contributed by atoms with Crippen LogP contribution in [0.25, 0.3) is 20.9 Å². The maximum atomic E-state index is 4.69. The van der Waals surface area contributed by atoms with Crippen LogP contribution in [-0.2, 0) is 0 Å². The van der Waals surface area contributed by atoms with Gasteiger partial charge in [0.15, 0.2) is 4.96 Å². The van der Waals surface area contributed by atoms with Crippen LogP contribution < -0.4 is 0 Å². The zero-order valence-corrected chi connectivity index (χ0v) is 13.9. The number of rotatable bonds is 2. The number of imidazole rings is 1. The second-order valence-corrected chi connectivity index (χ2v) is 6.97. The van der Waals surface area contributed by atoms with Crippen LogP contribution in [0.4, 0.5) is 0 Å². The van der Waals surface area contributed by atoms with E-state index in [1.165, 1.54) is 0 Å². The fraction of sp³-hybridized carbons (Fsp3) is 0.200. The second-order valence-electron chi connectivity index (χ2n) is 4.76. The number of hydrogen-bond donors (Lipinski definition) is 0. The Morgan fingerprint density at radius 2 is 2.05 bits per heavy atom. The average Bonchev–Trinajstić information content (AvgIpc) is 2.92. The second kappa shape index (κ2) is 5.14. The third kappa shape index (κ3) is 2.43. The molecule has 0 aromatic carbocycles. The summed E-state index contributed by atoms with van der Waals surface area (Å²) >= 11 is 5.05. The number of thiazole rings is 1. The van der Waals surface area contributed by atoms with Crippen LogP contribution in [0.5, 0.6) is 0 Å². The number of aromatic nitrogens is 3. The molecular formula is C15H14BrN3S. The normalized spacial score (nSPS) is 13.6. The predicted molar refractivity (Wildman–Crippen MR) is 89.4 cm³/mol. The van der Waals surface area contributed by atoms with Crippen molar-refractivity contribution in [2.75, 3.05) is 0 Å². The summed E-state index contributed by atoms with van der Waals surface area (Å²) in [6.07, 6.45) is 6.18. The van der Waals surface area contributed by atoms with Gasteiger partial charge < -0.3 is 0 Å². The predicted octanol–water partition coefficient (Wildman–Crippen LogP) is 4.95. The van der Waals surface area contributed by atoms with E-state index < -0.39 is 0 Å². The minimum atomic E-state index is 0.986. The number of hydrogen-bond acceptors (Lipinski definition) is 3. The van der Waals surface area contributed by atoms with E-state index in [0.717, 1.165) is 36.8 Å².